The minimum Gasteiger partial charge on any atom is -0.478 e. The molecule has 148 valence electrons. The van der Waals surface area contributed by atoms with Crippen molar-refractivity contribution in [1.29, 1.82) is 0 Å². The summed E-state index contributed by atoms with van der Waals surface area (Å²) in [5.74, 6) is -5.54. The van der Waals surface area contributed by atoms with E-state index in [1.165, 1.54) is 18.2 Å². The molecule has 0 bridgehead atoms. The first kappa shape index (κ1) is 22.3. The zero-order chi connectivity index (χ0) is 21.6. The van der Waals surface area contributed by atoms with E-state index in [-0.39, 0.29) is 11.1 Å². The molecule has 2 aromatic rings. The predicted molar refractivity (Wildman–Crippen MR) is 90.5 cm³/mol. The second-order valence-electron chi connectivity index (χ2n) is 4.96. The van der Waals surface area contributed by atoms with Crippen LogP contribution in [0.15, 0.2) is 47.4 Å². The standard InChI is InChI=1S/C8H6O7S.C8H6O4/c9-7(10)4-2-1-3-5(8(11)12)6(4)16(13,14)15;9-7(10)5-2-1-3-6(4-5)8(11)12/h1-3H,(H,9,10)(H,11,12)(H,13,14,15);1-4H,(H,9,10)(H,11,12). The molecule has 0 heterocycles. The molecule has 0 spiro atoms. The zero-order valence-corrected chi connectivity index (χ0v) is 14.5. The number of carboxylic acid groups (broad SMARTS) is 4. The van der Waals surface area contributed by atoms with Crippen LogP contribution in [0.4, 0.5) is 0 Å². The molecule has 11 nitrogen and oxygen atoms in total. The maximum absolute atomic E-state index is 10.9. The highest BCUT2D eigenvalue weighted by Gasteiger charge is 2.27. The van der Waals surface area contributed by atoms with Crippen LogP contribution in [-0.4, -0.2) is 57.3 Å². The van der Waals surface area contributed by atoms with Gasteiger partial charge in [0.25, 0.3) is 10.1 Å². The lowest BCUT2D eigenvalue weighted by Crippen LogP contribution is -2.14. The molecule has 0 saturated carbocycles. The van der Waals surface area contributed by atoms with Crippen molar-refractivity contribution >= 4 is 34.0 Å². The van der Waals surface area contributed by atoms with E-state index in [9.17, 15) is 27.6 Å². The summed E-state index contributed by atoms with van der Waals surface area (Å²) in [6, 6.07) is 8.04. The Labute approximate surface area is 156 Å². The summed E-state index contributed by atoms with van der Waals surface area (Å²) in [7, 11) is -4.92. The maximum atomic E-state index is 10.9. The van der Waals surface area contributed by atoms with Gasteiger partial charge in [-0.3, -0.25) is 4.55 Å². The molecular formula is C16H12O11S. The van der Waals surface area contributed by atoms with E-state index < -0.39 is 50.0 Å². The van der Waals surface area contributed by atoms with E-state index in [0.717, 1.165) is 24.3 Å². The summed E-state index contributed by atoms with van der Waals surface area (Å²) in [4.78, 5) is 41.0. The third kappa shape index (κ3) is 5.62. The lowest BCUT2D eigenvalue weighted by atomic mass is 10.1. The molecule has 28 heavy (non-hydrogen) atoms. The van der Waals surface area contributed by atoms with Crippen LogP contribution in [0, 0.1) is 0 Å². The molecule has 2 aromatic carbocycles. The summed E-state index contributed by atoms with van der Waals surface area (Å²) in [5.41, 5.74) is -1.62. The van der Waals surface area contributed by atoms with Crippen molar-refractivity contribution in [3.05, 3.63) is 64.7 Å². The highest BCUT2D eigenvalue weighted by molar-refractivity contribution is 7.86. The van der Waals surface area contributed by atoms with Gasteiger partial charge in [0.1, 0.15) is 4.90 Å². The largest absolute Gasteiger partial charge is 0.478 e. The third-order valence-corrected chi connectivity index (χ3v) is 4.05. The minimum atomic E-state index is -4.92. The van der Waals surface area contributed by atoms with Crippen molar-refractivity contribution in [1.82, 2.24) is 0 Å². The van der Waals surface area contributed by atoms with Crippen LogP contribution in [0.5, 0.6) is 0 Å². The molecule has 0 unspecified atom stereocenters. The molecule has 0 radical (unpaired) electrons. The van der Waals surface area contributed by atoms with Crippen molar-refractivity contribution < 1.29 is 52.6 Å². The van der Waals surface area contributed by atoms with Crippen molar-refractivity contribution in [2.45, 2.75) is 4.90 Å². The normalized spacial score (nSPS) is 10.3. The first-order chi connectivity index (χ1) is 12.9. The fourth-order valence-electron chi connectivity index (χ4n) is 1.94. The number of carbonyl (C=O) groups is 4. The van der Waals surface area contributed by atoms with E-state index in [0.29, 0.717) is 0 Å². The van der Waals surface area contributed by atoms with Gasteiger partial charge in [-0.1, -0.05) is 12.1 Å². The maximum Gasteiger partial charge on any atom is 0.337 e. The Morgan fingerprint density at radius 2 is 1.00 bits per heavy atom. The fraction of sp³-hybridized carbons (Fsp3) is 0. The average molecular weight is 412 g/mol. The number of hydrogen-bond acceptors (Lipinski definition) is 6. The molecule has 0 atom stereocenters. The van der Waals surface area contributed by atoms with Crippen molar-refractivity contribution in [3.8, 4) is 0 Å². The van der Waals surface area contributed by atoms with Gasteiger partial charge in [0.15, 0.2) is 0 Å². The van der Waals surface area contributed by atoms with Crippen LogP contribution < -0.4 is 0 Å². The summed E-state index contributed by atoms with van der Waals surface area (Å²) < 4.78 is 30.6. The van der Waals surface area contributed by atoms with Crippen LogP contribution in [0.1, 0.15) is 41.4 Å². The first-order valence-corrected chi connectivity index (χ1v) is 8.44. The van der Waals surface area contributed by atoms with E-state index in [1.54, 1.807) is 0 Å². The van der Waals surface area contributed by atoms with Crippen LogP contribution in [0.2, 0.25) is 0 Å². The second-order valence-corrected chi connectivity index (χ2v) is 6.32. The van der Waals surface area contributed by atoms with E-state index >= 15 is 0 Å². The Morgan fingerprint density at radius 1 is 0.643 bits per heavy atom. The molecule has 2 rings (SSSR count). The Kier molecular flexibility index (Phi) is 6.96. The monoisotopic (exact) mass is 412 g/mol. The van der Waals surface area contributed by atoms with Gasteiger partial charge in [0.05, 0.1) is 22.3 Å². The highest BCUT2D eigenvalue weighted by Crippen LogP contribution is 2.20. The van der Waals surface area contributed by atoms with Crippen molar-refractivity contribution in [2.75, 3.05) is 0 Å². The van der Waals surface area contributed by atoms with Crippen LogP contribution in [-0.2, 0) is 10.1 Å². The second kappa shape index (κ2) is 8.75. The smallest absolute Gasteiger partial charge is 0.337 e. The lowest BCUT2D eigenvalue weighted by molar-refractivity contribution is 0.0671. The third-order valence-electron chi connectivity index (χ3n) is 3.09. The van der Waals surface area contributed by atoms with E-state index in [2.05, 4.69) is 0 Å². The molecule has 0 aliphatic carbocycles. The van der Waals surface area contributed by atoms with Crippen molar-refractivity contribution in [3.63, 3.8) is 0 Å². The molecular weight excluding hydrogens is 400 g/mol. The van der Waals surface area contributed by atoms with Crippen LogP contribution in [0.3, 0.4) is 0 Å². The Balaban J connectivity index is 0.000000292. The Hall–Kier alpha value is -3.77. The van der Waals surface area contributed by atoms with Crippen molar-refractivity contribution in [2.24, 2.45) is 0 Å². The average Bonchev–Trinajstić information content (AvgIpc) is 2.60. The lowest BCUT2D eigenvalue weighted by Gasteiger charge is -2.05. The van der Waals surface area contributed by atoms with Gasteiger partial charge in [-0.25, -0.2) is 19.2 Å². The summed E-state index contributed by atoms with van der Waals surface area (Å²) in [6.07, 6.45) is 0. The van der Waals surface area contributed by atoms with E-state index in [1.807, 2.05) is 0 Å². The molecule has 0 aliphatic heterocycles. The number of carboxylic acids is 4. The summed E-state index contributed by atoms with van der Waals surface area (Å²) in [6.45, 7) is 0. The quantitative estimate of drug-likeness (QED) is 0.444. The number of hydrogen-bond donors (Lipinski definition) is 5. The molecule has 5 N–H and O–H groups in total. The summed E-state index contributed by atoms with van der Waals surface area (Å²) >= 11 is 0. The van der Waals surface area contributed by atoms with Crippen LogP contribution >= 0.6 is 0 Å². The van der Waals surface area contributed by atoms with Gasteiger partial charge < -0.3 is 20.4 Å². The first-order valence-electron chi connectivity index (χ1n) is 7.00. The Bertz CT molecular complexity index is 993. The molecule has 0 amide bonds. The molecule has 0 fully saturated rings. The highest BCUT2D eigenvalue weighted by atomic mass is 32.2. The van der Waals surface area contributed by atoms with Gasteiger partial charge in [-0.2, -0.15) is 8.42 Å². The van der Waals surface area contributed by atoms with Gasteiger partial charge in [0.2, 0.25) is 0 Å². The topological polar surface area (TPSA) is 204 Å². The Morgan fingerprint density at radius 3 is 1.29 bits per heavy atom. The summed E-state index contributed by atoms with van der Waals surface area (Å²) in [5, 5.41) is 34.3. The van der Waals surface area contributed by atoms with Crippen LogP contribution in [0.25, 0.3) is 0 Å². The van der Waals surface area contributed by atoms with Gasteiger partial charge in [-0.05, 0) is 30.3 Å². The SMILES string of the molecule is O=C(O)c1cccc(C(=O)O)c1.O=C(O)c1cccc(C(=O)O)c1S(=O)(=O)O. The zero-order valence-electron chi connectivity index (χ0n) is 13.6. The minimum absolute atomic E-state index is 0.0186. The van der Waals surface area contributed by atoms with Gasteiger partial charge >= 0.3 is 23.9 Å². The fourth-order valence-corrected chi connectivity index (χ4v) is 2.80. The number of benzene rings is 2. The predicted octanol–water partition coefficient (Wildman–Crippen LogP) is 1.41. The van der Waals surface area contributed by atoms with Gasteiger partial charge in [-0.15, -0.1) is 0 Å². The number of aromatic carboxylic acids is 4. The molecule has 0 aromatic heterocycles. The van der Waals surface area contributed by atoms with E-state index in [4.69, 9.17) is 25.0 Å². The van der Waals surface area contributed by atoms with Gasteiger partial charge in [0, 0.05) is 0 Å². The molecule has 0 aliphatic rings. The molecule has 12 heteroatoms. The number of rotatable bonds is 5. The molecule has 0 saturated heterocycles.